The highest BCUT2D eigenvalue weighted by Crippen LogP contribution is 2.18. The van der Waals surface area contributed by atoms with E-state index in [9.17, 15) is 4.79 Å². The Bertz CT molecular complexity index is 178. The van der Waals surface area contributed by atoms with Gasteiger partial charge < -0.3 is 10.2 Å². The van der Waals surface area contributed by atoms with E-state index in [1.807, 2.05) is 11.9 Å². The molecule has 3 nitrogen and oxygen atoms in total. The average Bonchev–Trinajstić information content (AvgIpc) is 2.97. The minimum absolute atomic E-state index is 0.270. The van der Waals surface area contributed by atoms with Crippen LogP contribution in [-0.2, 0) is 4.79 Å². The van der Waals surface area contributed by atoms with Crippen LogP contribution in [-0.4, -0.2) is 37.0 Å². The van der Waals surface area contributed by atoms with E-state index in [1.165, 1.54) is 12.8 Å². The van der Waals surface area contributed by atoms with Crippen molar-refractivity contribution < 1.29 is 4.79 Å². The number of unbranched alkanes of at least 4 members (excludes halogenated alkanes) is 1. The molecule has 0 unspecified atom stereocenters. The summed E-state index contributed by atoms with van der Waals surface area (Å²) >= 11 is 0. The maximum Gasteiger partial charge on any atom is 0.223 e. The van der Waals surface area contributed by atoms with Crippen molar-refractivity contribution in [1.29, 1.82) is 0 Å². The van der Waals surface area contributed by atoms with Gasteiger partial charge in [0.15, 0.2) is 0 Å². The van der Waals surface area contributed by atoms with Crippen molar-refractivity contribution in [3.05, 3.63) is 0 Å². The summed E-state index contributed by atoms with van der Waals surface area (Å²) in [6.07, 6.45) is 5.49. The predicted molar refractivity (Wildman–Crippen MR) is 58.2 cm³/mol. The monoisotopic (exact) mass is 198 g/mol. The summed E-state index contributed by atoms with van der Waals surface area (Å²) in [5.41, 5.74) is 0. The summed E-state index contributed by atoms with van der Waals surface area (Å²) in [5.74, 6) is 0.270. The van der Waals surface area contributed by atoms with Crippen LogP contribution in [0, 0.1) is 0 Å². The molecule has 0 spiro atoms. The largest absolute Gasteiger partial charge is 0.346 e. The van der Waals surface area contributed by atoms with Crippen LogP contribution in [0.1, 0.15) is 39.0 Å². The summed E-state index contributed by atoms with van der Waals surface area (Å²) < 4.78 is 0. The summed E-state index contributed by atoms with van der Waals surface area (Å²) in [6, 6.07) is 0.712. The maximum absolute atomic E-state index is 11.5. The molecule has 1 saturated carbocycles. The van der Waals surface area contributed by atoms with E-state index in [4.69, 9.17) is 0 Å². The number of amides is 1. The van der Waals surface area contributed by atoms with Crippen LogP contribution < -0.4 is 5.32 Å². The number of hydrogen-bond acceptors (Lipinski definition) is 2. The topological polar surface area (TPSA) is 32.3 Å². The van der Waals surface area contributed by atoms with Gasteiger partial charge in [-0.2, -0.15) is 0 Å². The smallest absolute Gasteiger partial charge is 0.223 e. The van der Waals surface area contributed by atoms with Gasteiger partial charge in [0.05, 0.1) is 0 Å². The summed E-state index contributed by atoms with van der Waals surface area (Å²) in [4.78, 5) is 13.4. The lowest BCUT2D eigenvalue weighted by molar-refractivity contribution is -0.129. The molecule has 1 rings (SSSR count). The molecule has 0 aromatic rings. The van der Waals surface area contributed by atoms with Crippen molar-refractivity contribution in [3.8, 4) is 0 Å². The van der Waals surface area contributed by atoms with E-state index in [2.05, 4.69) is 12.2 Å². The van der Waals surface area contributed by atoms with Crippen molar-refractivity contribution in [2.24, 2.45) is 0 Å². The number of hydrogen-bond donors (Lipinski definition) is 1. The second-order valence-corrected chi connectivity index (χ2v) is 4.15. The molecular formula is C11H22N2O. The van der Waals surface area contributed by atoms with Gasteiger partial charge in [0, 0.05) is 32.6 Å². The molecule has 0 atom stereocenters. The second-order valence-electron chi connectivity index (χ2n) is 4.15. The van der Waals surface area contributed by atoms with E-state index in [0.717, 1.165) is 25.9 Å². The number of nitrogens with zero attached hydrogens (tertiary/aromatic N) is 1. The SMILES string of the molecule is CCCCN(C)C(=O)CCNC1CC1. The Balaban J connectivity index is 2.00. The Morgan fingerprint density at radius 3 is 2.79 bits per heavy atom. The van der Waals surface area contributed by atoms with Crippen molar-refractivity contribution in [2.45, 2.75) is 45.1 Å². The fourth-order valence-corrected chi connectivity index (χ4v) is 1.38. The third-order valence-electron chi connectivity index (χ3n) is 2.62. The van der Waals surface area contributed by atoms with Crippen LogP contribution in [0.2, 0.25) is 0 Å². The standard InChI is InChI=1S/C11H22N2O/c1-3-4-9-13(2)11(14)7-8-12-10-5-6-10/h10,12H,3-9H2,1-2H3. The van der Waals surface area contributed by atoms with Gasteiger partial charge in [0.1, 0.15) is 0 Å². The lowest BCUT2D eigenvalue weighted by atomic mass is 10.3. The molecule has 1 amide bonds. The molecule has 0 saturated heterocycles. The number of nitrogens with one attached hydrogen (secondary N) is 1. The average molecular weight is 198 g/mol. The highest BCUT2D eigenvalue weighted by molar-refractivity contribution is 5.76. The van der Waals surface area contributed by atoms with Crippen LogP contribution in [0.5, 0.6) is 0 Å². The van der Waals surface area contributed by atoms with Crippen molar-refractivity contribution in [1.82, 2.24) is 10.2 Å². The molecule has 0 bridgehead atoms. The zero-order valence-electron chi connectivity index (χ0n) is 9.38. The van der Waals surface area contributed by atoms with Gasteiger partial charge >= 0.3 is 0 Å². The minimum Gasteiger partial charge on any atom is -0.346 e. The Hall–Kier alpha value is -0.570. The van der Waals surface area contributed by atoms with Gasteiger partial charge in [0.2, 0.25) is 5.91 Å². The Kier molecular flexibility index (Phi) is 4.94. The molecule has 1 N–H and O–H groups in total. The second kappa shape index (κ2) is 6.02. The first-order chi connectivity index (χ1) is 6.74. The zero-order chi connectivity index (χ0) is 10.4. The molecule has 0 aromatic carbocycles. The van der Waals surface area contributed by atoms with Gasteiger partial charge in [0.25, 0.3) is 0 Å². The molecule has 0 aromatic heterocycles. The Morgan fingerprint density at radius 2 is 2.21 bits per heavy atom. The van der Waals surface area contributed by atoms with Crippen LogP contribution in [0.15, 0.2) is 0 Å². The lowest BCUT2D eigenvalue weighted by Crippen LogP contribution is -2.31. The molecule has 1 aliphatic rings. The third kappa shape index (κ3) is 4.61. The normalized spacial score (nSPS) is 15.6. The number of rotatable bonds is 7. The van der Waals surface area contributed by atoms with Crippen LogP contribution in [0.25, 0.3) is 0 Å². The lowest BCUT2D eigenvalue weighted by Gasteiger charge is -2.16. The van der Waals surface area contributed by atoms with Crippen LogP contribution in [0.4, 0.5) is 0 Å². The Morgan fingerprint density at radius 1 is 1.50 bits per heavy atom. The van der Waals surface area contributed by atoms with Crippen LogP contribution in [0.3, 0.4) is 0 Å². The first-order valence-electron chi connectivity index (χ1n) is 5.71. The maximum atomic E-state index is 11.5. The Labute approximate surface area is 86.9 Å². The number of carbonyl (C=O) groups excluding carboxylic acids is 1. The molecule has 82 valence electrons. The van der Waals surface area contributed by atoms with E-state index in [-0.39, 0.29) is 5.91 Å². The fourth-order valence-electron chi connectivity index (χ4n) is 1.38. The number of carbonyl (C=O) groups is 1. The van der Waals surface area contributed by atoms with E-state index >= 15 is 0 Å². The van der Waals surface area contributed by atoms with Gasteiger partial charge in [-0.25, -0.2) is 0 Å². The highest BCUT2D eigenvalue weighted by Gasteiger charge is 2.20. The predicted octanol–water partition coefficient (Wildman–Crippen LogP) is 1.39. The van der Waals surface area contributed by atoms with Crippen LogP contribution >= 0.6 is 0 Å². The molecule has 14 heavy (non-hydrogen) atoms. The first-order valence-corrected chi connectivity index (χ1v) is 5.71. The van der Waals surface area contributed by atoms with E-state index < -0.39 is 0 Å². The molecule has 0 heterocycles. The molecule has 1 aliphatic carbocycles. The van der Waals surface area contributed by atoms with Crippen molar-refractivity contribution in [3.63, 3.8) is 0 Å². The zero-order valence-corrected chi connectivity index (χ0v) is 9.38. The quantitative estimate of drug-likeness (QED) is 0.670. The summed E-state index contributed by atoms with van der Waals surface area (Å²) in [5, 5.41) is 3.35. The summed E-state index contributed by atoms with van der Waals surface area (Å²) in [6.45, 7) is 3.89. The molecule has 3 heteroatoms. The van der Waals surface area contributed by atoms with Crippen molar-refractivity contribution >= 4 is 5.91 Å². The molecule has 0 aliphatic heterocycles. The van der Waals surface area contributed by atoms with E-state index in [0.29, 0.717) is 12.5 Å². The van der Waals surface area contributed by atoms with E-state index in [1.54, 1.807) is 0 Å². The van der Waals surface area contributed by atoms with Gasteiger partial charge in [-0.15, -0.1) is 0 Å². The molecule has 0 radical (unpaired) electrons. The van der Waals surface area contributed by atoms with Crippen molar-refractivity contribution in [2.75, 3.05) is 20.1 Å². The fraction of sp³-hybridized carbons (Fsp3) is 0.909. The summed E-state index contributed by atoms with van der Waals surface area (Å²) in [7, 11) is 1.90. The third-order valence-corrected chi connectivity index (χ3v) is 2.62. The minimum atomic E-state index is 0.270. The van der Waals surface area contributed by atoms with Gasteiger partial charge in [-0.05, 0) is 19.3 Å². The van der Waals surface area contributed by atoms with Gasteiger partial charge in [-0.1, -0.05) is 13.3 Å². The molecule has 1 fully saturated rings. The highest BCUT2D eigenvalue weighted by atomic mass is 16.2. The molecular weight excluding hydrogens is 176 g/mol. The van der Waals surface area contributed by atoms with Gasteiger partial charge in [-0.3, -0.25) is 4.79 Å². The first kappa shape index (κ1) is 11.5.